The molecule has 3 nitrogen and oxygen atoms in total. The van der Waals surface area contributed by atoms with Gasteiger partial charge in [-0.3, -0.25) is 0 Å². The van der Waals surface area contributed by atoms with E-state index in [9.17, 15) is 0 Å². The second kappa shape index (κ2) is 11.6. The average molecular weight is 795 g/mol. The van der Waals surface area contributed by atoms with Gasteiger partial charge in [-0.05, 0) is 118 Å². The van der Waals surface area contributed by atoms with Crippen LogP contribution in [0.3, 0.4) is 0 Å². The molecule has 1 heterocycles. The van der Waals surface area contributed by atoms with E-state index in [0.29, 0.717) is 0 Å². The van der Waals surface area contributed by atoms with Crippen LogP contribution in [0.4, 0.5) is 0 Å². The lowest BCUT2D eigenvalue weighted by Crippen LogP contribution is -3.61. The molecular formula is C28H30I3O3+. The first-order valence-corrected chi connectivity index (χ1v) is 15.8. The van der Waals surface area contributed by atoms with E-state index in [4.69, 9.17) is 14.2 Å². The van der Waals surface area contributed by atoms with Crippen molar-refractivity contribution >= 4 is 45.2 Å². The van der Waals surface area contributed by atoms with Gasteiger partial charge in [0.1, 0.15) is 17.2 Å². The summed E-state index contributed by atoms with van der Waals surface area (Å²) in [5.41, 5.74) is 2.85. The molecule has 1 saturated heterocycles. The van der Waals surface area contributed by atoms with Crippen molar-refractivity contribution in [2.24, 2.45) is 0 Å². The number of benzene rings is 3. The second-order valence-corrected chi connectivity index (χ2v) is 14.8. The van der Waals surface area contributed by atoms with Gasteiger partial charge in [-0.2, -0.15) is 0 Å². The van der Waals surface area contributed by atoms with Crippen LogP contribution in [0.25, 0.3) is 0 Å². The number of hydrogen-bond acceptors (Lipinski definition) is 3. The molecule has 34 heavy (non-hydrogen) atoms. The summed E-state index contributed by atoms with van der Waals surface area (Å²) < 4.78 is 23.0. The van der Waals surface area contributed by atoms with Crippen molar-refractivity contribution in [2.75, 3.05) is 6.61 Å². The maximum atomic E-state index is 6.29. The molecule has 0 amide bonds. The standard InChI is InChI=1S/C28H30I3O3/c1-18-15-21(12-13-24(18)31-20-10-8-19(9-11-20)28(2,3)4)33-25-16-23(30)26(17-22(25)29)34-27-7-5-6-14-32-27/h8-13,15-17,27H,5-7,14H2,1-4H3/q+1. The monoisotopic (exact) mass is 795 g/mol. The van der Waals surface area contributed by atoms with Crippen LogP contribution in [0.5, 0.6) is 17.2 Å². The molecule has 1 atom stereocenters. The van der Waals surface area contributed by atoms with Crippen molar-refractivity contribution in [3.05, 3.63) is 80.0 Å². The van der Waals surface area contributed by atoms with E-state index in [0.717, 1.165) is 50.3 Å². The Labute approximate surface area is 240 Å². The lowest BCUT2D eigenvalue weighted by atomic mass is 9.87. The molecule has 0 saturated carbocycles. The number of aryl methyl sites for hydroxylation is 1. The van der Waals surface area contributed by atoms with Crippen LogP contribution < -0.4 is 30.7 Å². The topological polar surface area (TPSA) is 27.7 Å². The van der Waals surface area contributed by atoms with Crippen molar-refractivity contribution in [3.63, 3.8) is 0 Å². The molecule has 3 aromatic rings. The van der Waals surface area contributed by atoms with Gasteiger partial charge in [0.15, 0.2) is 13.4 Å². The zero-order chi connectivity index (χ0) is 24.3. The Kier molecular flexibility index (Phi) is 9.06. The van der Waals surface area contributed by atoms with Crippen molar-refractivity contribution < 1.29 is 35.4 Å². The van der Waals surface area contributed by atoms with Crippen molar-refractivity contribution in [3.8, 4) is 17.2 Å². The fraction of sp³-hybridized carbons (Fsp3) is 0.357. The van der Waals surface area contributed by atoms with Gasteiger partial charge in [0.2, 0.25) is 0 Å². The molecule has 0 aliphatic carbocycles. The quantitative estimate of drug-likeness (QED) is 0.317. The van der Waals surface area contributed by atoms with E-state index in [1.807, 2.05) is 12.1 Å². The minimum atomic E-state index is -0.228. The maximum Gasteiger partial charge on any atom is 0.358 e. The van der Waals surface area contributed by atoms with E-state index in [-0.39, 0.29) is 32.9 Å². The van der Waals surface area contributed by atoms with Gasteiger partial charge in [0, 0.05) is 12.0 Å². The molecule has 1 aliphatic heterocycles. The Bertz CT molecular complexity index is 1130. The predicted molar refractivity (Wildman–Crippen MR) is 150 cm³/mol. The van der Waals surface area contributed by atoms with E-state index in [2.05, 4.69) is 115 Å². The summed E-state index contributed by atoms with van der Waals surface area (Å²) in [4.78, 5) is 0. The summed E-state index contributed by atoms with van der Waals surface area (Å²) in [5.74, 6) is 2.57. The van der Waals surface area contributed by atoms with Crippen LogP contribution in [0.2, 0.25) is 0 Å². The van der Waals surface area contributed by atoms with Crippen molar-refractivity contribution in [2.45, 2.75) is 58.7 Å². The minimum absolute atomic E-state index is 0.145. The van der Waals surface area contributed by atoms with E-state index in [1.165, 1.54) is 18.3 Å². The Hall–Kier alpha value is -0.590. The van der Waals surface area contributed by atoms with Crippen LogP contribution >= 0.6 is 45.2 Å². The van der Waals surface area contributed by atoms with Crippen molar-refractivity contribution in [1.29, 1.82) is 0 Å². The smallest absolute Gasteiger partial charge is 0.358 e. The molecule has 4 rings (SSSR count). The van der Waals surface area contributed by atoms with Gasteiger partial charge in [0.05, 0.1) is 13.7 Å². The summed E-state index contributed by atoms with van der Waals surface area (Å²) in [6.07, 6.45) is 3.07. The molecule has 0 bridgehead atoms. The normalized spacial score (nSPS) is 16.4. The van der Waals surface area contributed by atoms with Gasteiger partial charge in [0.25, 0.3) is 0 Å². The average Bonchev–Trinajstić information content (AvgIpc) is 2.79. The predicted octanol–water partition coefficient (Wildman–Crippen LogP) is 5.33. The first-order chi connectivity index (χ1) is 16.2. The van der Waals surface area contributed by atoms with Gasteiger partial charge >= 0.3 is 21.2 Å². The highest BCUT2D eigenvalue weighted by molar-refractivity contribution is 14.1. The first-order valence-electron chi connectivity index (χ1n) is 11.5. The Morgan fingerprint density at radius 1 is 0.912 bits per heavy atom. The van der Waals surface area contributed by atoms with Gasteiger partial charge in [-0.25, -0.2) is 0 Å². The van der Waals surface area contributed by atoms with E-state index < -0.39 is 0 Å². The number of rotatable bonds is 6. The Morgan fingerprint density at radius 3 is 2.26 bits per heavy atom. The third-order valence-corrected chi connectivity index (χ3v) is 10.5. The zero-order valence-electron chi connectivity index (χ0n) is 20.0. The summed E-state index contributed by atoms with van der Waals surface area (Å²) in [6, 6.07) is 19.7. The molecule has 6 heteroatoms. The van der Waals surface area contributed by atoms with Crippen LogP contribution in [-0.2, 0) is 10.2 Å². The highest BCUT2D eigenvalue weighted by Gasteiger charge is 2.22. The lowest BCUT2D eigenvalue weighted by Gasteiger charge is -2.24. The molecule has 1 unspecified atom stereocenters. The Balaban J connectivity index is 1.44. The maximum absolute atomic E-state index is 6.29. The number of halogens is 3. The second-order valence-electron chi connectivity index (χ2n) is 9.49. The highest BCUT2D eigenvalue weighted by atomic mass is 127. The molecule has 1 aliphatic rings. The van der Waals surface area contributed by atoms with Crippen LogP contribution in [0.1, 0.15) is 51.2 Å². The van der Waals surface area contributed by atoms with Gasteiger partial charge in [-0.15, -0.1) is 0 Å². The molecule has 180 valence electrons. The van der Waals surface area contributed by atoms with Gasteiger partial charge < -0.3 is 14.2 Å². The first kappa shape index (κ1) is 26.5. The summed E-state index contributed by atoms with van der Waals surface area (Å²) in [7, 11) is 0. The van der Waals surface area contributed by atoms with Crippen LogP contribution in [0.15, 0.2) is 54.6 Å². The SMILES string of the molecule is Cc1cc(Oc2cc(I)c(OC3CCCCO3)cc2I)ccc1[I+]c1ccc(C(C)(C)C)cc1. The molecule has 1 fully saturated rings. The third kappa shape index (κ3) is 7.00. The molecule has 0 aromatic heterocycles. The van der Waals surface area contributed by atoms with Crippen LogP contribution in [0, 0.1) is 21.2 Å². The summed E-state index contributed by atoms with van der Waals surface area (Å²) in [6.45, 7) is 9.73. The third-order valence-electron chi connectivity index (χ3n) is 5.66. The van der Waals surface area contributed by atoms with E-state index in [1.54, 1.807) is 0 Å². The Morgan fingerprint density at radius 2 is 1.62 bits per heavy atom. The molecule has 0 spiro atoms. The zero-order valence-corrected chi connectivity index (χ0v) is 26.4. The summed E-state index contributed by atoms with van der Waals surface area (Å²) in [5, 5.41) is 0. The molecular weight excluding hydrogens is 765 g/mol. The van der Waals surface area contributed by atoms with E-state index >= 15 is 0 Å². The largest absolute Gasteiger partial charge is 0.464 e. The van der Waals surface area contributed by atoms with Crippen LogP contribution in [-0.4, -0.2) is 12.9 Å². The molecule has 3 aromatic carbocycles. The number of ether oxygens (including phenoxy) is 3. The lowest BCUT2D eigenvalue weighted by molar-refractivity contribution is -0.598. The van der Waals surface area contributed by atoms with Crippen molar-refractivity contribution in [1.82, 2.24) is 0 Å². The fourth-order valence-electron chi connectivity index (χ4n) is 3.67. The number of hydrogen-bond donors (Lipinski definition) is 0. The summed E-state index contributed by atoms with van der Waals surface area (Å²) >= 11 is 4.40. The van der Waals surface area contributed by atoms with Gasteiger partial charge in [-0.1, -0.05) is 32.9 Å². The minimum Gasteiger partial charge on any atom is -0.464 e. The molecule has 0 radical (unpaired) electrons. The highest BCUT2D eigenvalue weighted by Crippen LogP contribution is 2.35. The fourth-order valence-corrected chi connectivity index (χ4v) is 7.11. The molecule has 0 N–H and O–H groups in total.